The van der Waals surface area contributed by atoms with Crippen molar-refractivity contribution in [2.24, 2.45) is 5.92 Å². The van der Waals surface area contributed by atoms with E-state index in [1.807, 2.05) is 18.2 Å². The van der Waals surface area contributed by atoms with Crippen LogP contribution in [-0.2, 0) is 11.3 Å². The molecule has 1 aliphatic heterocycles. The monoisotopic (exact) mass is 298 g/mol. The van der Waals surface area contributed by atoms with Crippen LogP contribution in [0.15, 0.2) is 18.2 Å². The largest absolute Gasteiger partial charge is 0.454 e. The van der Waals surface area contributed by atoms with Gasteiger partial charge in [-0.1, -0.05) is 6.07 Å². The van der Waals surface area contributed by atoms with E-state index in [2.05, 4.69) is 10.6 Å². The van der Waals surface area contributed by atoms with Crippen molar-refractivity contribution in [3.05, 3.63) is 23.8 Å². The molecule has 1 saturated carbocycles. The highest BCUT2D eigenvalue weighted by Gasteiger charge is 2.20. The van der Waals surface area contributed by atoms with Gasteiger partial charge in [0.2, 0.25) is 12.7 Å². The average molecular weight is 299 g/mol. The first kappa shape index (κ1) is 14.9. The number of ether oxygens (including phenoxy) is 2. The standard InChI is InChI=1S/C14H18N2O3.ClH/c17-14(8-15-6-10-1-2-10)16-7-11-3-4-12-13(5-11)19-9-18-12;/h3-5,10,15H,1-2,6-9H2,(H,16,17);1H. The summed E-state index contributed by atoms with van der Waals surface area (Å²) in [6, 6.07) is 5.71. The van der Waals surface area contributed by atoms with Crippen LogP contribution < -0.4 is 20.1 Å². The van der Waals surface area contributed by atoms with Crippen LogP contribution in [0.5, 0.6) is 11.5 Å². The second-order valence-corrected chi connectivity index (χ2v) is 5.04. The molecule has 1 aliphatic carbocycles. The number of rotatable bonds is 6. The fourth-order valence-corrected chi connectivity index (χ4v) is 2.03. The topological polar surface area (TPSA) is 59.6 Å². The van der Waals surface area contributed by atoms with E-state index in [0.29, 0.717) is 13.1 Å². The van der Waals surface area contributed by atoms with Gasteiger partial charge in [-0.3, -0.25) is 4.79 Å². The molecule has 2 aliphatic rings. The van der Waals surface area contributed by atoms with E-state index in [0.717, 1.165) is 29.5 Å². The molecular weight excluding hydrogens is 280 g/mol. The van der Waals surface area contributed by atoms with Crippen molar-refractivity contribution in [3.63, 3.8) is 0 Å². The average Bonchev–Trinajstić information content (AvgIpc) is 3.12. The zero-order valence-electron chi connectivity index (χ0n) is 11.2. The molecule has 3 rings (SSSR count). The van der Waals surface area contributed by atoms with Crippen molar-refractivity contribution in [1.29, 1.82) is 0 Å². The molecule has 0 saturated heterocycles. The van der Waals surface area contributed by atoms with E-state index < -0.39 is 0 Å². The van der Waals surface area contributed by atoms with Crippen LogP contribution in [0.3, 0.4) is 0 Å². The fraction of sp³-hybridized carbons (Fsp3) is 0.500. The Bertz CT molecular complexity index is 477. The predicted octanol–water partition coefficient (Wildman–Crippen LogP) is 1.45. The van der Waals surface area contributed by atoms with E-state index in [4.69, 9.17) is 9.47 Å². The Balaban J connectivity index is 0.00000147. The highest BCUT2D eigenvalue weighted by molar-refractivity contribution is 5.85. The van der Waals surface area contributed by atoms with Crippen molar-refractivity contribution >= 4 is 18.3 Å². The van der Waals surface area contributed by atoms with Gasteiger partial charge in [-0.2, -0.15) is 0 Å². The molecule has 0 spiro atoms. The van der Waals surface area contributed by atoms with Crippen LogP contribution in [0.25, 0.3) is 0 Å². The molecule has 0 unspecified atom stereocenters. The number of hydrogen-bond donors (Lipinski definition) is 2. The number of fused-ring (bicyclic) bond motifs is 1. The molecule has 2 N–H and O–H groups in total. The van der Waals surface area contributed by atoms with Crippen LogP contribution in [0.2, 0.25) is 0 Å². The molecule has 1 aromatic carbocycles. The molecular formula is C14H19ClN2O3. The molecule has 6 heteroatoms. The van der Waals surface area contributed by atoms with Gasteiger partial charge in [0, 0.05) is 6.54 Å². The van der Waals surface area contributed by atoms with Crippen molar-refractivity contribution in [2.45, 2.75) is 19.4 Å². The molecule has 1 heterocycles. The minimum Gasteiger partial charge on any atom is -0.454 e. The summed E-state index contributed by atoms with van der Waals surface area (Å²) >= 11 is 0. The maximum absolute atomic E-state index is 11.6. The van der Waals surface area contributed by atoms with Crippen molar-refractivity contribution in [2.75, 3.05) is 19.9 Å². The van der Waals surface area contributed by atoms with Crippen LogP contribution in [0, 0.1) is 5.92 Å². The second-order valence-electron chi connectivity index (χ2n) is 5.04. The van der Waals surface area contributed by atoms with E-state index >= 15 is 0 Å². The summed E-state index contributed by atoms with van der Waals surface area (Å²) in [5, 5.41) is 6.05. The van der Waals surface area contributed by atoms with Gasteiger partial charge in [0.25, 0.3) is 0 Å². The maximum atomic E-state index is 11.6. The Kier molecular flexibility index (Phi) is 5.09. The van der Waals surface area contributed by atoms with Gasteiger partial charge >= 0.3 is 0 Å². The Hall–Kier alpha value is -1.46. The Morgan fingerprint density at radius 3 is 2.85 bits per heavy atom. The summed E-state index contributed by atoms with van der Waals surface area (Å²) in [5.41, 5.74) is 1.01. The van der Waals surface area contributed by atoms with Crippen molar-refractivity contribution < 1.29 is 14.3 Å². The predicted molar refractivity (Wildman–Crippen MR) is 77.3 cm³/mol. The normalized spacial score (nSPS) is 15.6. The van der Waals surface area contributed by atoms with E-state index in [9.17, 15) is 4.79 Å². The van der Waals surface area contributed by atoms with Crippen LogP contribution in [-0.4, -0.2) is 25.8 Å². The molecule has 1 fully saturated rings. The number of amides is 1. The third kappa shape index (κ3) is 4.02. The van der Waals surface area contributed by atoms with Gasteiger partial charge in [0.15, 0.2) is 11.5 Å². The summed E-state index contributed by atoms with van der Waals surface area (Å²) in [4.78, 5) is 11.6. The smallest absolute Gasteiger partial charge is 0.234 e. The lowest BCUT2D eigenvalue weighted by molar-refractivity contribution is -0.120. The van der Waals surface area contributed by atoms with Crippen molar-refractivity contribution in [1.82, 2.24) is 10.6 Å². The summed E-state index contributed by atoms with van der Waals surface area (Å²) < 4.78 is 10.5. The molecule has 1 amide bonds. The zero-order valence-corrected chi connectivity index (χ0v) is 12.0. The summed E-state index contributed by atoms with van der Waals surface area (Å²) in [6.07, 6.45) is 2.59. The summed E-state index contributed by atoms with van der Waals surface area (Å²) in [7, 11) is 0. The van der Waals surface area contributed by atoms with Gasteiger partial charge < -0.3 is 20.1 Å². The third-order valence-corrected chi connectivity index (χ3v) is 3.34. The maximum Gasteiger partial charge on any atom is 0.234 e. The first-order valence-electron chi connectivity index (χ1n) is 6.67. The minimum atomic E-state index is 0. The summed E-state index contributed by atoms with van der Waals surface area (Å²) in [6.45, 7) is 2.13. The third-order valence-electron chi connectivity index (χ3n) is 3.34. The van der Waals surface area contributed by atoms with Crippen molar-refractivity contribution in [3.8, 4) is 11.5 Å². The summed E-state index contributed by atoms with van der Waals surface area (Å²) in [5.74, 6) is 2.33. The molecule has 110 valence electrons. The second kappa shape index (κ2) is 6.81. The highest BCUT2D eigenvalue weighted by Crippen LogP contribution is 2.32. The van der Waals surface area contributed by atoms with Gasteiger partial charge in [-0.05, 0) is 43.0 Å². The minimum absolute atomic E-state index is 0. The Morgan fingerprint density at radius 1 is 1.25 bits per heavy atom. The quantitative estimate of drug-likeness (QED) is 0.835. The van der Waals surface area contributed by atoms with Gasteiger partial charge in [-0.15, -0.1) is 12.4 Å². The number of hydrogen-bond acceptors (Lipinski definition) is 4. The first-order valence-corrected chi connectivity index (χ1v) is 6.67. The molecule has 0 aromatic heterocycles. The molecule has 20 heavy (non-hydrogen) atoms. The van der Waals surface area contributed by atoms with Gasteiger partial charge in [0.05, 0.1) is 6.54 Å². The lowest BCUT2D eigenvalue weighted by atomic mass is 10.2. The first-order chi connectivity index (χ1) is 9.31. The van der Waals surface area contributed by atoms with Crippen LogP contribution in [0.4, 0.5) is 0 Å². The molecule has 5 nitrogen and oxygen atoms in total. The molecule has 1 aromatic rings. The van der Waals surface area contributed by atoms with Gasteiger partial charge in [-0.25, -0.2) is 0 Å². The Morgan fingerprint density at radius 2 is 2.05 bits per heavy atom. The number of carbonyl (C=O) groups is 1. The number of nitrogens with one attached hydrogen (secondary N) is 2. The van der Waals surface area contributed by atoms with Crippen LogP contribution in [0.1, 0.15) is 18.4 Å². The molecule has 0 bridgehead atoms. The fourth-order valence-electron chi connectivity index (χ4n) is 2.03. The number of carbonyl (C=O) groups excluding carboxylic acids is 1. The lowest BCUT2D eigenvalue weighted by Gasteiger charge is -2.07. The molecule has 0 atom stereocenters. The highest BCUT2D eigenvalue weighted by atomic mass is 35.5. The lowest BCUT2D eigenvalue weighted by Crippen LogP contribution is -2.34. The number of halogens is 1. The Labute approximate surface area is 124 Å². The van der Waals surface area contributed by atoms with E-state index in [1.165, 1.54) is 12.8 Å². The zero-order chi connectivity index (χ0) is 13.1. The molecule has 0 radical (unpaired) electrons. The number of benzene rings is 1. The van der Waals surface area contributed by atoms with Gasteiger partial charge in [0.1, 0.15) is 0 Å². The van der Waals surface area contributed by atoms with E-state index in [-0.39, 0.29) is 25.1 Å². The SMILES string of the molecule is Cl.O=C(CNCC1CC1)NCc1ccc2c(c1)OCO2. The van der Waals surface area contributed by atoms with E-state index in [1.54, 1.807) is 0 Å². The van der Waals surface area contributed by atoms with Crippen LogP contribution >= 0.6 is 12.4 Å².